The molecule has 0 atom stereocenters. The lowest BCUT2D eigenvalue weighted by molar-refractivity contribution is -0.141. The minimum absolute atomic E-state index is 0.0692. The fraction of sp³-hybridized carbons (Fsp3) is 0.167. The largest absolute Gasteiger partial charge is 0.454 e. The fourth-order valence-electron chi connectivity index (χ4n) is 1.77. The summed E-state index contributed by atoms with van der Waals surface area (Å²) >= 11 is 0.630. The first-order valence-corrected chi connectivity index (χ1v) is 6.55. The van der Waals surface area contributed by atoms with Crippen molar-refractivity contribution in [1.29, 1.82) is 0 Å². The Bertz CT molecular complexity index is 699. The van der Waals surface area contributed by atoms with E-state index in [1.807, 2.05) is 0 Å². The third-order valence-electron chi connectivity index (χ3n) is 2.67. The van der Waals surface area contributed by atoms with Gasteiger partial charge in [0.1, 0.15) is 4.88 Å². The van der Waals surface area contributed by atoms with E-state index in [0.717, 1.165) is 5.51 Å². The van der Waals surface area contributed by atoms with Gasteiger partial charge in [-0.2, -0.15) is 13.2 Å². The van der Waals surface area contributed by atoms with Gasteiger partial charge in [0.25, 0.3) is 5.91 Å². The van der Waals surface area contributed by atoms with Gasteiger partial charge in [0.05, 0.1) is 5.51 Å². The molecule has 1 amide bonds. The Hall–Kier alpha value is -2.29. The summed E-state index contributed by atoms with van der Waals surface area (Å²) in [5, 5.41) is 2.38. The van der Waals surface area contributed by atoms with Gasteiger partial charge < -0.3 is 14.8 Å². The molecule has 0 saturated heterocycles. The van der Waals surface area contributed by atoms with Crippen LogP contribution in [0.1, 0.15) is 15.4 Å². The van der Waals surface area contributed by atoms with Gasteiger partial charge in [0.2, 0.25) is 6.79 Å². The molecule has 1 N–H and O–H groups in total. The summed E-state index contributed by atoms with van der Waals surface area (Å²) < 4.78 is 48.3. The van der Waals surface area contributed by atoms with Crippen LogP contribution in [0.25, 0.3) is 0 Å². The predicted octanol–water partition coefficient (Wildman–Crippen LogP) is 3.14. The van der Waals surface area contributed by atoms with Gasteiger partial charge in [0, 0.05) is 11.8 Å². The zero-order valence-electron chi connectivity index (χ0n) is 10.2. The monoisotopic (exact) mass is 316 g/mol. The maximum atomic E-state index is 12.7. The number of fused-ring (bicyclic) bond motifs is 1. The van der Waals surface area contributed by atoms with Crippen LogP contribution in [0.15, 0.2) is 23.7 Å². The molecule has 0 fully saturated rings. The van der Waals surface area contributed by atoms with E-state index in [9.17, 15) is 18.0 Å². The summed E-state index contributed by atoms with van der Waals surface area (Å²) in [6.45, 7) is 0.0692. The molecule has 1 aliphatic rings. The van der Waals surface area contributed by atoms with Crippen molar-refractivity contribution in [2.75, 3.05) is 12.1 Å². The Morgan fingerprint density at radius 3 is 2.81 bits per heavy atom. The van der Waals surface area contributed by atoms with Gasteiger partial charge in [-0.3, -0.25) is 4.79 Å². The number of thiazole rings is 1. The Balaban J connectivity index is 1.83. The van der Waals surface area contributed by atoms with Crippen molar-refractivity contribution in [3.05, 3.63) is 34.3 Å². The average molecular weight is 316 g/mol. The number of alkyl halides is 3. The van der Waals surface area contributed by atoms with E-state index >= 15 is 0 Å². The number of carbonyl (C=O) groups is 1. The van der Waals surface area contributed by atoms with Gasteiger partial charge in [0.15, 0.2) is 17.2 Å². The van der Waals surface area contributed by atoms with Crippen molar-refractivity contribution < 1.29 is 27.4 Å². The summed E-state index contributed by atoms with van der Waals surface area (Å²) in [7, 11) is 0. The maximum absolute atomic E-state index is 12.7. The number of nitrogens with zero attached hydrogens (tertiary/aromatic N) is 1. The van der Waals surface area contributed by atoms with Crippen LogP contribution >= 0.6 is 11.3 Å². The Morgan fingerprint density at radius 2 is 2.05 bits per heavy atom. The maximum Gasteiger partial charge on any atom is 0.434 e. The third kappa shape index (κ3) is 2.64. The highest BCUT2D eigenvalue weighted by Crippen LogP contribution is 2.35. The van der Waals surface area contributed by atoms with Crippen LogP contribution in [0.4, 0.5) is 18.9 Å². The smallest absolute Gasteiger partial charge is 0.434 e. The van der Waals surface area contributed by atoms with Crippen LogP contribution < -0.4 is 14.8 Å². The first-order chi connectivity index (χ1) is 9.95. The second-order valence-corrected chi connectivity index (χ2v) is 4.90. The van der Waals surface area contributed by atoms with E-state index in [0.29, 0.717) is 28.5 Å². The second kappa shape index (κ2) is 4.92. The quantitative estimate of drug-likeness (QED) is 0.924. The van der Waals surface area contributed by atoms with Crippen LogP contribution in [-0.4, -0.2) is 17.7 Å². The van der Waals surface area contributed by atoms with Crippen molar-refractivity contribution in [3.63, 3.8) is 0 Å². The first kappa shape index (κ1) is 13.7. The summed E-state index contributed by atoms with van der Waals surface area (Å²) in [5.74, 6) is 0.0682. The fourth-order valence-corrected chi connectivity index (χ4v) is 2.47. The minimum atomic E-state index is -4.67. The highest BCUT2D eigenvalue weighted by atomic mass is 32.1. The molecule has 21 heavy (non-hydrogen) atoms. The number of benzene rings is 1. The molecule has 5 nitrogen and oxygen atoms in total. The average Bonchev–Trinajstić information content (AvgIpc) is 3.06. The van der Waals surface area contributed by atoms with Crippen molar-refractivity contribution in [1.82, 2.24) is 4.98 Å². The van der Waals surface area contributed by atoms with E-state index in [-0.39, 0.29) is 6.79 Å². The molecule has 1 aromatic carbocycles. The van der Waals surface area contributed by atoms with Crippen molar-refractivity contribution in [3.8, 4) is 11.5 Å². The van der Waals surface area contributed by atoms with Crippen LogP contribution in [0.3, 0.4) is 0 Å². The van der Waals surface area contributed by atoms with E-state index in [1.165, 1.54) is 12.1 Å². The molecule has 0 unspecified atom stereocenters. The van der Waals surface area contributed by atoms with Crippen LogP contribution in [0.2, 0.25) is 0 Å². The number of hydrogen-bond acceptors (Lipinski definition) is 5. The number of anilines is 1. The number of carbonyl (C=O) groups excluding carboxylic acids is 1. The van der Waals surface area contributed by atoms with Crippen LogP contribution in [-0.2, 0) is 6.18 Å². The number of aromatic nitrogens is 1. The number of nitrogens with one attached hydrogen (secondary N) is 1. The number of ether oxygens (including phenoxy) is 2. The van der Waals surface area contributed by atoms with E-state index < -0.39 is 22.7 Å². The van der Waals surface area contributed by atoms with Gasteiger partial charge >= 0.3 is 6.18 Å². The summed E-state index contributed by atoms with van der Waals surface area (Å²) in [5.41, 5.74) is 0.105. The highest BCUT2D eigenvalue weighted by molar-refractivity contribution is 7.12. The molecule has 1 aromatic heterocycles. The Labute approximate surface area is 120 Å². The molecular formula is C12H7F3N2O3S. The Kier molecular flexibility index (Phi) is 3.20. The van der Waals surface area contributed by atoms with Gasteiger partial charge in [-0.25, -0.2) is 4.98 Å². The van der Waals surface area contributed by atoms with Gasteiger partial charge in [-0.05, 0) is 12.1 Å². The molecule has 9 heteroatoms. The van der Waals surface area contributed by atoms with E-state index in [2.05, 4.69) is 10.3 Å². The molecular weight excluding hydrogens is 309 g/mol. The number of halogens is 3. The molecule has 110 valence electrons. The topological polar surface area (TPSA) is 60.5 Å². The molecule has 0 saturated carbocycles. The predicted molar refractivity (Wildman–Crippen MR) is 67.6 cm³/mol. The molecule has 0 bridgehead atoms. The molecule has 3 rings (SSSR count). The lowest BCUT2D eigenvalue weighted by Gasteiger charge is -2.08. The number of rotatable bonds is 2. The third-order valence-corrected chi connectivity index (χ3v) is 3.50. The SMILES string of the molecule is O=C(Nc1ccc2c(c1)OCO2)c1scnc1C(F)(F)F. The lowest BCUT2D eigenvalue weighted by Crippen LogP contribution is -2.17. The summed E-state index contributed by atoms with van der Waals surface area (Å²) in [6.07, 6.45) is -4.67. The molecule has 2 aromatic rings. The second-order valence-electron chi connectivity index (χ2n) is 4.05. The number of amides is 1. The minimum Gasteiger partial charge on any atom is -0.454 e. The molecule has 0 radical (unpaired) electrons. The van der Waals surface area contributed by atoms with Gasteiger partial charge in [-0.1, -0.05) is 0 Å². The molecule has 0 aliphatic carbocycles. The molecule has 0 spiro atoms. The zero-order chi connectivity index (χ0) is 15.0. The summed E-state index contributed by atoms with van der Waals surface area (Å²) in [6, 6.07) is 4.56. The normalized spacial score (nSPS) is 13.3. The Morgan fingerprint density at radius 1 is 1.29 bits per heavy atom. The van der Waals surface area contributed by atoms with Crippen LogP contribution in [0.5, 0.6) is 11.5 Å². The molecule has 1 aliphatic heterocycles. The summed E-state index contributed by atoms with van der Waals surface area (Å²) in [4.78, 5) is 14.6. The van der Waals surface area contributed by atoms with Crippen molar-refractivity contribution in [2.45, 2.75) is 6.18 Å². The molecule has 2 heterocycles. The standard InChI is InChI=1S/C12H7F3N2O3S/c13-12(14,15)10-9(21-4-16-10)11(18)17-6-1-2-7-8(3-6)20-5-19-7/h1-4H,5H2,(H,17,18). The van der Waals surface area contributed by atoms with Gasteiger partial charge in [-0.15, -0.1) is 11.3 Å². The lowest BCUT2D eigenvalue weighted by atomic mass is 10.2. The van der Waals surface area contributed by atoms with Crippen molar-refractivity contribution in [2.24, 2.45) is 0 Å². The van der Waals surface area contributed by atoms with Crippen molar-refractivity contribution >= 4 is 22.9 Å². The first-order valence-electron chi connectivity index (χ1n) is 5.67. The zero-order valence-corrected chi connectivity index (χ0v) is 11.0. The van der Waals surface area contributed by atoms with Crippen LogP contribution in [0, 0.1) is 0 Å². The highest BCUT2D eigenvalue weighted by Gasteiger charge is 2.38. The van der Waals surface area contributed by atoms with E-state index in [4.69, 9.17) is 9.47 Å². The van der Waals surface area contributed by atoms with E-state index in [1.54, 1.807) is 6.07 Å². The number of hydrogen-bond donors (Lipinski definition) is 1.